The lowest BCUT2D eigenvalue weighted by atomic mass is 9.84. The lowest BCUT2D eigenvalue weighted by molar-refractivity contribution is -0.146. The molecule has 9 heteroatoms. The highest BCUT2D eigenvalue weighted by molar-refractivity contribution is 6.15. The molecule has 2 heterocycles. The van der Waals surface area contributed by atoms with Crippen molar-refractivity contribution in [2.75, 3.05) is 19.5 Å². The predicted molar refractivity (Wildman–Crippen MR) is 111 cm³/mol. The van der Waals surface area contributed by atoms with E-state index in [1.807, 2.05) is 0 Å². The lowest BCUT2D eigenvalue weighted by Gasteiger charge is -2.30. The molecule has 0 bridgehead atoms. The van der Waals surface area contributed by atoms with E-state index in [1.54, 1.807) is 42.5 Å². The zero-order valence-corrected chi connectivity index (χ0v) is 17.0. The van der Waals surface area contributed by atoms with Crippen LogP contribution in [0.2, 0.25) is 0 Å². The average Bonchev–Trinajstić information content (AvgIpc) is 3.31. The van der Waals surface area contributed by atoms with Crippen molar-refractivity contribution in [3.63, 3.8) is 0 Å². The van der Waals surface area contributed by atoms with Gasteiger partial charge in [-0.2, -0.15) is 5.10 Å². The van der Waals surface area contributed by atoms with E-state index in [2.05, 4.69) is 10.4 Å². The number of hydrogen-bond donors (Lipinski definition) is 2. The van der Waals surface area contributed by atoms with E-state index in [1.165, 1.54) is 14.2 Å². The fourth-order valence-corrected chi connectivity index (χ4v) is 4.01. The van der Waals surface area contributed by atoms with E-state index in [-0.39, 0.29) is 25.2 Å². The van der Waals surface area contributed by atoms with Crippen molar-refractivity contribution in [1.82, 2.24) is 5.01 Å². The van der Waals surface area contributed by atoms with Crippen LogP contribution in [0.1, 0.15) is 30.4 Å². The normalized spacial score (nSPS) is 19.1. The Kier molecular flexibility index (Phi) is 5.10. The van der Waals surface area contributed by atoms with Gasteiger partial charge in [0, 0.05) is 29.7 Å². The van der Waals surface area contributed by atoms with Crippen molar-refractivity contribution < 1.29 is 29.0 Å². The number of hydrogen-bond acceptors (Lipinski definition) is 6. The van der Waals surface area contributed by atoms with Gasteiger partial charge in [0.05, 0.1) is 26.4 Å². The Labute approximate surface area is 178 Å². The number of ether oxygens (including phenoxy) is 2. The summed E-state index contributed by atoms with van der Waals surface area (Å²) in [5.41, 5.74) is 1.05. The van der Waals surface area contributed by atoms with E-state index >= 15 is 0 Å². The number of aliphatic carboxylic acids is 1. The van der Waals surface area contributed by atoms with E-state index in [0.717, 1.165) is 5.01 Å². The smallest absolute Gasteiger partial charge is 0.303 e. The van der Waals surface area contributed by atoms with Crippen LogP contribution in [0.15, 0.2) is 47.6 Å². The molecule has 2 amide bonds. The summed E-state index contributed by atoms with van der Waals surface area (Å²) >= 11 is 0. The molecule has 160 valence electrons. The van der Waals surface area contributed by atoms with Gasteiger partial charge in [-0.15, -0.1) is 0 Å². The van der Waals surface area contributed by atoms with Crippen molar-refractivity contribution in [1.29, 1.82) is 0 Å². The second-order valence-electron chi connectivity index (χ2n) is 7.25. The summed E-state index contributed by atoms with van der Waals surface area (Å²) in [6.45, 7) is 0. The SMILES string of the molecule is COc1ccc(C2=NN(C(=O)CCC(=O)O)[C@@]3(C2)C(=O)Nc2ccccc23)cc1OC. The van der Waals surface area contributed by atoms with Crippen LogP contribution in [-0.4, -0.2) is 47.8 Å². The molecule has 0 saturated carbocycles. The summed E-state index contributed by atoms with van der Waals surface area (Å²) in [4.78, 5) is 37.2. The molecule has 1 spiro atoms. The van der Waals surface area contributed by atoms with Crippen LogP contribution in [0.25, 0.3) is 0 Å². The third-order valence-electron chi connectivity index (χ3n) is 5.51. The lowest BCUT2D eigenvalue weighted by Crippen LogP contribution is -2.48. The monoisotopic (exact) mass is 423 g/mol. The Morgan fingerprint density at radius 2 is 1.87 bits per heavy atom. The van der Waals surface area contributed by atoms with Crippen LogP contribution in [-0.2, 0) is 19.9 Å². The number of methoxy groups -OCH3 is 2. The maximum absolute atomic E-state index is 13.2. The quantitative estimate of drug-likeness (QED) is 0.737. The Morgan fingerprint density at radius 1 is 1.13 bits per heavy atom. The molecule has 0 fully saturated rings. The Hall–Kier alpha value is -3.88. The summed E-state index contributed by atoms with van der Waals surface area (Å²) in [5.74, 6) is -0.982. The van der Waals surface area contributed by atoms with E-state index in [0.29, 0.717) is 34.0 Å². The molecule has 4 rings (SSSR count). The molecule has 9 nitrogen and oxygen atoms in total. The van der Waals surface area contributed by atoms with Gasteiger partial charge in [-0.25, -0.2) is 5.01 Å². The van der Waals surface area contributed by atoms with Crippen molar-refractivity contribution in [3.05, 3.63) is 53.6 Å². The number of carboxylic acid groups (broad SMARTS) is 1. The van der Waals surface area contributed by atoms with Crippen LogP contribution in [0.4, 0.5) is 5.69 Å². The molecule has 0 saturated heterocycles. The van der Waals surface area contributed by atoms with Gasteiger partial charge in [-0.3, -0.25) is 14.4 Å². The van der Waals surface area contributed by atoms with Gasteiger partial charge in [0.25, 0.3) is 5.91 Å². The fourth-order valence-electron chi connectivity index (χ4n) is 4.01. The van der Waals surface area contributed by atoms with Gasteiger partial charge in [0.1, 0.15) is 0 Å². The average molecular weight is 423 g/mol. The molecular formula is C22H21N3O6. The third kappa shape index (κ3) is 3.27. The van der Waals surface area contributed by atoms with E-state index < -0.39 is 17.4 Å². The van der Waals surface area contributed by atoms with Crippen LogP contribution in [0.3, 0.4) is 0 Å². The molecular weight excluding hydrogens is 402 g/mol. The highest BCUT2D eigenvalue weighted by Crippen LogP contribution is 2.47. The van der Waals surface area contributed by atoms with Crippen LogP contribution < -0.4 is 14.8 Å². The molecule has 2 aromatic carbocycles. The van der Waals surface area contributed by atoms with Crippen LogP contribution in [0.5, 0.6) is 11.5 Å². The second-order valence-corrected chi connectivity index (χ2v) is 7.25. The number of anilines is 1. The first-order valence-electron chi connectivity index (χ1n) is 9.66. The van der Waals surface area contributed by atoms with Gasteiger partial charge < -0.3 is 19.9 Å². The van der Waals surface area contributed by atoms with Gasteiger partial charge in [0.15, 0.2) is 17.0 Å². The van der Waals surface area contributed by atoms with Gasteiger partial charge >= 0.3 is 5.97 Å². The van der Waals surface area contributed by atoms with Gasteiger partial charge in [0.2, 0.25) is 5.91 Å². The molecule has 2 aliphatic heterocycles. The second kappa shape index (κ2) is 7.75. The molecule has 0 aromatic heterocycles. The largest absolute Gasteiger partial charge is 0.493 e. The molecule has 2 N–H and O–H groups in total. The molecule has 1 atom stereocenters. The zero-order chi connectivity index (χ0) is 22.2. The minimum absolute atomic E-state index is 0.143. The minimum Gasteiger partial charge on any atom is -0.493 e. The number of para-hydroxylation sites is 1. The van der Waals surface area contributed by atoms with Gasteiger partial charge in [-0.05, 0) is 24.3 Å². The molecule has 0 unspecified atom stereocenters. The van der Waals surface area contributed by atoms with Crippen molar-refractivity contribution in [3.8, 4) is 11.5 Å². The predicted octanol–water partition coefficient (Wildman–Crippen LogP) is 2.35. The number of fused-ring (bicyclic) bond motifs is 2. The van der Waals surface area contributed by atoms with E-state index in [9.17, 15) is 14.4 Å². The Bertz CT molecular complexity index is 1110. The number of amides is 2. The first-order chi connectivity index (χ1) is 14.9. The van der Waals surface area contributed by atoms with E-state index in [4.69, 9.17) is 14.6 Å². The zero-order valence-electron chi connectivity index (χ0n) is 17.0. The van der Waals surface area contributed by atoms with Crippen LogP contribution in [0, 0.1) is 0 Å². The number of carboxylic acids is 1. The highest BCUT2D eigenvalue weighted by atomic mass is 16.5. The molecule has 2 aliphatic rings. The number of rotatable bonds is 6. The topological polar surface area (TPSA) is 118 Å². The summed E-state index contributed by atoms with van der Waals surface area (Å²) in [6, 6.07) is 12.3. The summed E-state index contributed by atoms with van der Waals surface area (Å²) < 4.78 is 10.6. The number of nitrogens with zero attached hydrogens (tertiary/aromatic N) is 2. The maximum atomic E-state index is 13.2. The Morgan fingerprint density at radius 3 is 2.58 bits per heavy atom. The summed E-state index contributed by atoms with van der Waals surface area (Å²) in [5, 5.41) is 17.5. The number of benzene rings is 2. The van der Waals surface area contributed by atoms with Crippen molar-refractivity contribution >= 4 is 29.2 Å². The summed E-state index contributed by atoms with van der Waals surface area (Å²) in [7, 11) is 3.05. The highest BCUT2D eigenvalue weighted by Gasteiger charge is 2.57. The molecule has 0 aliphatic carbocycles. The first kappa shape index (κ1) is 20.4. The molecule has 31 heavy (non-hydrogen) atoms. The number of hydrazone groups is 1. The Balaban J connectivity index is 1.80. The molecule has 0 radical (unpaired) electrons. The number of carbonyl (C=O) groups excluding carboxylic acids is 2. The third-order valence-corrected chi connectivity index (χ3v) is 5.51. The van der Waals surface area contributed by atoms with Crippen molar-refractivity contribution in [2.24, 2.45) is 5.10 Å². The number of carbonyl (C=O) groups is 3. The fraction of sp³-hybridized carbons (Fsp3) is 0.273. The molecule has 2 aromatic rings. The standard InChI is InChI=1S/C22H21N3O6/c1-30-17-8-7-13(11-18(17)31-2)16-12-22(25(24-16)19(26)9-10-20(27)28)14-5-3-4-6-15(14)23-21(22)29/h3-8,11H,9-10,12H2,1-2H3,(H,23,29)(H,27,28)/t22-/m1/s1. The van der Waals surface area contributed by atoms with Gasteiger partial charge in [-0.1, -0.05) is 18.2 Å². The summed E-state index contributed by atoms with van der Waals surface area (Å²) in [6.07, 6.45) is -0.477. The van der Waals surface area contributed by atoms with Crippen molar-refractivity contribution in [2.45, 2.75) is 24.8 Å². The number of nitrogens with one attached hydrogen (secondary N) is 1. The van der Waals surface area contributed by atoms with Crippen LogP contribution >= 0.6 is 0 Å². The first-order valence-corrected chi connectivity index (χ1v) is 9.66. The maximum Gasteiger partial charge on any atom is 0.303 e. The minimum atomic E-state index is -1.37.